The quantitative estimate of drug-likeness (QED) is 0.616. The fraction of sp³-hybridized carbons (Fsp3) is 0.211. The molecule has 3 heterocycles. The van der Waals surface area contributed by atoms with Crippen molar-refractivity contribution in [3.63, 3.8) is 0 Å². The zero-order valence-electron chi connectivity index (χ0n) is 14.7. The maximum absolute atomic E-state index is 13.0. The molecule has 4 aromatic rings. The highest BCUT2D eigenvalue weighted by molar-refractivity contribution is 6.15. The topological polar surface area (TPSA) is 82.0 Å². The molecule has 0 saturated carbocycles. The van der Waals surface area contributed by atoms with Crippen LogP contribution >= 0.6 is 0 Å². The van der Waals surface area contributed by atoms with Gasteiger partial charge >= 0.3 is 5.97 Å². The zero-order valence-corrected chi connectivity index (χ0v) is 14.7. The molecule has 0 atom stereocenters. The highest BCUT2D eigenvalue weighted by Gasteiger charge is 2.22. The summed E-state index contributed by atoms with van der Waals surface area (Å²) in [5.41, 5.74) is 1.55. The predicted molar refractivity (Wildman–Crippen MR) is 99.2 cm³/mol. The molecule has 0 fully saturated rings. The second kappa shape index (κ2) is 5.59. The van der Waals surface area contributed by atoms with E-state index >= 15 is 0 Å². The van der Waals surface area contributed by atoms with Crippen LogP contribution in [0.4, 0.5) is 0 Å². The molecule has 0 aliphatic carbocycles. The summed E-state index contributed by atoms with van der Waals surface area (Å²) in [6.45, 7) is 4.00. The summed E-state index contributed by atoms with van der Waals surface area (Å²) in [5.74, 6) is -1.07. The van der Waals surface area contributed by atoms with Crippen LogP contribution in [0.5, 0.6) is 0 Å². The van der Waals surface area contributed by atoms with Crippen LogP contribution in [0.25, 0.3) is 27.5 Å². The molecule has 0 radical (unpaired) electrons. The smallest absolute Gasteiger partial charge is 0.337 e. The highest BCUT2D eigenvalue weighted by Crippen LogP contribution is 2.29. The molecule has 1 aromatic carbocycles. The molecule has 0 spiro atoms. The molecule has 7 heteroatoms. The number of carbonyl (C=O) groups is 1. The normalized spacial score (nSPS) is 11.7. The molecule has 132 valence electrons. The average Bonchev–Trinajstić information content (AvgIpc) is 3.24. The van der Waals surface area contributed by atoms with Gasteiger partial charge in [0.25, 0.3) is 5.56 Å². The first kappa shape index (κ1) is 16.1. The first-order valence-electron chi connectivity index (χ1n) is 8.30. The lowest BCUT2D eigenvalue weighted by molar-refractivity contribution is 0.0699. The second-order valence-electron chi connectivity index (χ2n) is 6.60. The Morgan fingerprint density at radius 3 is 2.58 bits per heavy atom. The molecule has 4 rings (SSSR count). The summed E-state index contributed by atoms with van der Waals surface area (Å²) in [7, 11) is 1.69. The number of rotatable bonds is 3. The summed E-state index contributed by atoms with van der Waals surface area (Å²) in [5, 5.41) is 15.2. The maximum Gasteiger partial charge on any atom is 0.337 e. The number of aromatic nitrogens is 4. The van der Waals surface area contributed by atoms with Gasteiger partial charge in [-0.3, -0.25) is 9.48 Å². The number of fused-ring (bicyclic) bond motifs is 3. The number of benzene rings is 1. The first-order chi connectivity index (χ1) is 12.4. The molecule has 7 nitrogen and oxygen atoms in total. The highest BCUT2D eigenvalue weighted by atomic mass is 16.4. The second-order valence-corrected chi connectivity index (χ2v) is 6.60. The van der Waals surface area contributed by atoms with Gasteiger partial charge in [0.1, 0.15) is 5.52 Å². The Bertz CT molecular complexity index is 1230. The number of carboxylic acids is 1. The summed E-state index contributed by atoms with van der Waals surface area (Å²) < 4.78 is 4.94. The molecule has 1 N–H and O–H groups in total. The largest absolute Gasteiger partial charge is 0.478 e. The van der Waals surface area contributed by atoms with Crippen molar-refractivity contribution in [3.05, 3.63) is 58.8 Å². The van der Waals surface area contributed by atoms with Gasteiger partial charge in [-0.15, -0.1) is 0 Å². The van der Waals surface area contributed by atoms with Crippen LogP contribution < -0.4 is 5.56 Å². The predicted octanol–water partition coefficient (Wildman–Crippen LogP) is 2.96. The van der Waals surface area contributed by atoms with Gasteiger partial charge in [0, 0.05) is 36.3 Å². The third-order valence-corrected chi connectivity index (χ3v) is 4.67. The van der Waals surface area contributed by atoms with E-state index in [1.165, 1.54) is 6.20 Å². The van der Waals surface area contributed by atoms with Crippen molar-refractivity contribution < 1.29 is 9.90 Å². The van der Waals surface area contributed by atoms with Crippen molar-refractivity contribution in [1.29, 1.82) is 0 Å². The maximum atomic E-state index is 13.0. The zero-order chi connectivity index (χ0) is 18.6. The number of pyridine rings is 1. The van der Waals surface area contributed by atoms with E-state index in [0.717, 1.165) is 5.39 Å². The monoisotopic (exact) mass is 350 g/mol. The summed E-state index contributed by atoms with van der Waals surface area (Å²) in [4.78, 5) is 24.9. The van der Waals surface area contributed by atoms with Gasteiger partial charge in [0.15, 0.2) is 0 Å². The Balaban J connectivity index is 2.19. The van der Waals surface area contributed by atoms with E-state index in [0.29, 0.717) is 22.1 Å². The number of hydrogen-bond donors (Lipinski definition) is 1. The lowest BCUT2D eigenvalue weighted by Crippen LogP contribution is -2.19. The Morgan fingerprint density at radius 2 is 1.92 bits per heavy atom. The summed E-state index contributed by atoms with van der Waals surface area (Å²) >= 11 is 0. The molecule has 0 aliphatic rings. The molecule has 0 amide bonds. The van der Waals surface area contributed by atoms with Crippen LogP contribution in [0.2, 0.25) is 0 Å². The van der Waals surface area contributed by atoms with E-state index in [9.17, 15) is 14.7 Å². The minimum atomic E-state index is -1.07. The van der Waals surface area contributed by atoms with E-state index in [1.54, 1.807) is 27.1 Å². The van der Waals surface area contributed by atoms with Gasteiger partial charge in [-0.05, 0) is 19.9 Å². The van der Waals surface area contributed by atoms with Crippen molar-refractivity contribution in [2.45, 2.75) is 19.9 Å². The van der Waals surface area contributed by atoms with Crippen molar-refractivity contribution in [2.24, 2.45) is 7.05 Å². The lowest BCUT2D eigenvalue weighted by atomic mass is 10.1. The lowest BCUT2D eigenvalue weighted by Gasteiger charge is -2.08. The number of nitrogens with zero attached hydrogens (tertiary/aromatic N) is 4. The fourth-order valence-electron chi connectivity index (χ4n) is 3.34. The van der Waals surface area contributed by atoms with Crippen molar-refractivity contribution in [3.8, 4) is 5.69 Å². The van der Waals surface area contributed by atoms with Crippen LogP contribution in [0.3, 0.4) is 0 Å². The minimum absolute atomic E-state index is 0.103. The van der Waals surface area contributed by atoms with Gasteiger partial charge in [0.05, 0.1) is 23.0 Å². The van der Waals surface area contributed by atoms with E-state index in [-0.39, 0.29) is 17.2 Å². The average molecular weight is 350 g/mol. The Hall–Kier alpha value is -3.35. The van der Waals surface area contributed by atoms with Crippen molar-refractivity contribution in [2.75, 3.05) is 0 Å². The van der Waals surface area contributed by atoms with Gasteiger partial charge in [-0.1, -0.05) is 18.2 Å². The third kappa shape index (κ3) is 2.17. The molecule has 0 saturated heterocycles. The SMILES string of the molecule is CC(C)n1cc(-n2cc(C(=O)O)c3c4ccccc4n(C)c(=O)c32)cn1. The van der Waals surface area contributed by atoms with Gasteiger partial charge < -0.3 is 14.2 Å². The Morgan fingerprint density at radius 1 is 1.19 bits per heavy atom. The van der Waals surface area contributed by atoms with Crippen LogP contribution in [-0.2, 0) is 7.05 Å². The Kier molecular flexibility index (Phi) is 3.47. The van der Waals surface area contributed by atoms with Gasteiger partial charge in [-0.2, -0.15) is 5.10 Å². The Labute approximate surface area is 148 Å². The number of hydrogen-bond acceptors (Lipinski definition) is 3. The molecular formula is C19H18N4O3. The van der Waals surface area contributed by atoms with Crippen LogP contribution in [-0.4, -0.2) is 30.0 Å². The standard InChI is InChI=1S/C19H18N4O3/c1-11(2)23-9-12(8-20-23)22-10-14(19(25)26)16-13-6-4-5-7-15(13)21(3)18(24)17(16)22/h4-11H,1-3H3,(H,25,26). The minimum Gasteiger partial charge on any atom is -0.478 e. The van der Waals surface area contributed by atoms with Crippen LogP contribution in [0.1, 0.15) is 30.2 Å². The van der Waals surface area contributed by atoms with Gasteiger partial charge in [0.2, 0.25) is 0 Å². The molecule has 3 aromatic heterocycles. The number of aryl methyl sites for hydroxylation is 1. The van der Waals surface area contributed by atoms with Crippen molar-refractivity contribution >= 4 is 27.8 Å². The molecule has 26 heavy (non-hydrogen) atoms. The summed E-state index contributed by atoms with van der Waals surface area (Å²) in [6.07, 6.45) is 4.95. The molecular weight excluding hydrogens is 332 g/mol. The van der Waals surface area contributed by atoms with E-state index < -0.39 is 5.97 Å². The number of aromatic carboxylic acids is 1. The van der Waals surface area contributed by atoms with E-state index in [4.69, 9.17) is 0 Å². The molecule has 0 unspecified atom stereocenters. The fourth-order valence-corrected chi connectivity index (χ4v) is 3.34. The summed E-state index contributed by atoms with van der Waals surface area (Å²) in [6, 6.07) is 7.48. The van der Waals surface area contributed by atoms with E-state index in [1.807, 2.05) is 44.3 Å². The molecule has 0 bridgehead atoms. The molecule has 0 aliphatic heterocycles. The van der Waals surface area contributed by atoms with E-state index in [2.05, 4.69) is 5.10 Å². The number of carboxylic acid groups (broad SMARTS) is 1. The third-order valence-electron chi connectivity index (χ3n) is 4.67. The van der Waals surface area contributed by atoms with Gasteiger partial charge in [-0.25, -0.2) is 4.79 Å². The van der Waals surface area contributed by atoms with Crippen LogP contribution in [0, 0.1) is 0 Å². The van der Waals surface area contributed by atoms with Crippen molar-refractivity contribution in [1.82, 2.24) is 18.9 Å². The van der Waals surface area contributed by atoms with Crippen LogP contribution in [0.15, 0.2) is 47.7 Å². The number of para-hydroxylation sites is 1. The first-order valence-corrected chi connectivity index (χ1v) is 8.30.